The Balaban J connectivity index is 1.99. The molecule has 1 unspecified atom stereocenters. The van der Waals surface area contributed by atoms with Crippen LogP contribution in [-0.4, -0.2) is 11.5 Å². The van der Waals surface area contributed by atoms with Crippen molar-refractivity contribution >= 4 is 38.2 Å². The van der Waals surface area contributed by atoms with Gasteiger partial charge in [-0.2, -0.15) is 0 Å². The molecule has 108 valence electrons. The molecule has 3 rings (SSSR count). The van der Waals surface area contributed by atoms with Crippen LogP contribution in [0.2, 0.25) is 0 Å². The van der Waals surface area contributed by atoms with Crippen LogP contribution in [0.1, 0.15) is 23.5 Å². The summed E-state index contributed by atoms with van der Waals surface area (Å²) in [5.41, 5.74) is 2.13. The van der Waals surface area contributed by atoms with Gasteiger partial charge in [-0.15, -0.1) is 11.3 Å². The molecule has 0 radical (unpaired) electrons. The number of pyridine rings is 1. The first-order valence-electron chi connectivity index (χ1n) is 7.09. The molecule has 0 aliphatic heterocycles. The Morgan fingerprint density at radius 2 is 2.10 bits per heavy atom. The summed E-state index contributed by atoms with van der Waals surface area (Å²) in [6, 6.07) is 14.9. The molecule has 0 aliphatic rings. The Kier molecular flexibility index (Phi) is 4.68. The Morgan fingerprint density at radius 3 is 2.86 bits per heavy atom. The van der Waals surface area contributed by atoms with Gasteiger partial charge in [0.25, 0.3) is 0 Å². The van der Waals surface area contributed by atoms with Gasteiger partial charge in [-0.3, -0.25) is 0 Å². The fourth-order valence-corrected chi connectivity index (χ4v) is 3.85. The van der Waals surface area contributed by atoms with Crippen LogP contribution in [0.3, 0.4) is 0 Å². The molecular formula is C17H17BrN2S. The second kappa shape index (κ2) is 6.69. The number of hydrogen-bond donors (Lipinski definition) is 1. The van der Waals surface area contributed by atoms with Crippen molar-refractivity contribution in [1.29, 1.82) is 0 Å². The SMILES string of the molecule is CCNC(Cc1cccs1)c1nc2ccccc2cc1Br. The fraction of sp³-hybridized carbons (Fsp3) is 0.235. The maximum absolute atomic E-state index is 4.87. The first kappa shape index (κ1) is 14.7. The van der Waals surface area contributed by atoms with Crippen LogP contribution in [0.5, 0.6) is 0 Å². The van der Waals surface area contributed by atoms with Gasteiger partial charge < -0.3 is 5.32 Å². The number of nitrogens with zero attached hydrogens (tertiary/aromatic N) is 1. The van der Waals surface area contributed by atoms with Crippen molar-refractivity contribution in [2.45, 2.75) is 19.4 Å². The lowest BCUT2D eigenvalue weighted by molar-refractivity contribution is 0.539. The van der Waals surface area contributed by atoms with Gasteiger partial charge in [-0.1, -0.05) is 31.2 Å². The van der Waals surface area contributed by atoms with Gasteiger partial charge in [-0.25, -0.2) is 4.98 Å². The smallest absolute Gasteiger partial charge is 0.0726 e. The zero-order valence-electron chi connectivity index (χ0n) is 11.8. The Morgan fingerprint density at radius 1 is 1.24 bits per heavy atom. The summed E-state index contributed by atoms with van der Waals surface area (Å²) in [6.07, 6.45) is 0.968. The van der Waals surface area contributed by atoms with Crippen LogP contribution >= 0.6 is 27.3 Å². The predicted octanol–water partition coefficient (Wildman–Crippen LogP) is 4.95. The molecule has 21 heavy (non-hydrogen) atoms. The third-order valence-electron chi connectivity index (χ3n) is 3.47. The Labute approximate surface area is 137 Å². The van der Waals surface area contributed by atoms with Crippen LogP contribution in [0.25, 0.3) is 10.9 Å². The molecule has 4 heteroatoms. The molecule has 1 atom stereocenters. The molecular weight excluding hydrogens is 344 g/mol. The maximum atomic E-state index is 4.87. The number of rotatable bonds is 5. The molecule has 0 aliphatic carbocycles. The van der Waals surface area contributed by atoms with Crippen molar-refractivity contribution in [3.63, 3.8) is 0 Å². The lowest BCUT2D eigenvalue weighted by atomic mass is 10.1. The molecule has 2 heterocycles. The topological polar surface area (TPSA) is 24.9 Å². The van der Waals surface area contributed by atoms with Crippen LogP contribution in [0, 0.1) is 0 Å². The number of aromatic nitrogens is 1. The third-order valence-corrected chi connectivity index (χ3v) is 5.00. The maximum Gasteiger partial charge on any atom is 0.0726 e. The third kappa shape index (κ3) is 3.34. The second-order valence-electron chi connectivity index (χ2n) is 4.94. The molecule has 1 N–H and O–H groups in total. The summed E-state index contributed by atoms with van der Waals surface area (Å²) in [4.78, 5) is 6.25. The first-order valence-corrected chi connectivity index (χ1v) is 8.76. The van der Waals surface area contributed by atoms with E-state index in [0.29, 0.717) is 0 Å². The summed E-state index contributed by atoms with van der Waals surface area (Å²) in [5.74, 6) is 0. The van der Waals surface area contributed by atoms with Gasteiger partial charge in [0, 0.05) is 21.2 Å². The van der Waals surface area contributed by atoms with E-state index in [1.54, 1.807) is 11.3 Å². The number of likely N-dealkylation sites (N-methyl/N-ethyl adjacent to an activating group) is 1. The van der Waals surface area contributed by atoms with Crippen LogP contribution < -0.4 is 5.32 Å². The van der Waals surface area contributed by atoms with E-state index in [9.17, 15) is 0 Å². The van der Waals surface area contributed by atoms with Crippen molar-refractivity contribution in [2.24, 2.45) is 0 Å². The molecule has 0 spiro atoms. The first-order chi connectivity index (χ1) is 10.3. The molecule has 0 saturated heterocycles. The molecule has 0 bridgehead atoms. The van der Waals surface area contributed by atoms with Crippen molar-refractivity contribution in [2.75, 3.05) is 6.54 Å². The lowest BCUT2D eigenvalue weighted by Crippen LogP contribution is -2.24. The molecule has 1 aromatic carbocycles. The summed E-state index contributed by atoms with van der Waals surface area (Å²) in [7, 11) is 0. The van der Waals surface area contributed by atoms with Gasteiger partial charge in [0.1, 0.15) is 0 Å². The number of nitrogens with one attached hydrogen (secondary N) is 1. The highest BCUT2D eigenvalue weighted by atomic mass is 79.9. The monoisotopic (exact) mass is 360 g/mol. The summed E-state index contributed by atoms with van der Waals surface area (Å²) >= 11 is 5.49. The normalized spacial score (nSPS) is 12.7. The van der Waals surface area contributed by atoms with E-state index in [4.69, 9.17) is 4.98 Å². The largest absolute Gasteiger partial charge is 0.309 e. The van der Waals surface area contributed by atoms with Crippen molar-refractivity contribution in [3.8, 4) is 0 Å². The zero-order chi connectivity index (χ0) is 14.7. The highest BCUT2D eigenvalue weighted by molar-refractivity contribution is 9.10. The van der Waals surface area contributed by atoms with E-state index in [2.05, 4.69) is 63.9 Å². The number of benzene rings is 1. The molecule has 0 amide bonds. The number of halogens is 1. The van der Waals surface area contributed by atoms with Crippen LogP contribution in [0.4, 0.5) is 0 Å². The second-order valence-corrected chi connectivity index (χ2v) is 6.83. The minimum atomic E-state index is 0.229. The van der Waals surface area contributed by atoms with Gasteiger partial charge in [0.15, 0.2) is 0 Å². The predicted molar refractivity (Wildman–Crippen MR) is 93.9 cm³/mol. The standard InChI is InChI=1S/C17H17BrN2S/c1-2-19-16(11-13-7-5-9-21-13)17-14(18)10-12-6-3-4-8-15(12)20-17/h3-10,16,19H,2,11H2,1H3. The minimum absolute atomic E-state index is 0.229. The van der Waals surface area contributed by atoms with E-state index in [0.717, 1.165) is 28.6 Å². The average Bonchev–Trinajstić information content (AvgIpc) is 2.99. The molecule has 2 nitrogen and oxygen atoms in total. The van der Waals surface area contributed by atoms with E-state index >= 15 is 0 Å². The van der Waals surface area contributed by atoms with Crippen LogP contribution in [-0.2, 0) is 6.42 Å². The number of fused-ring (bicyclic) bond motifs is 1. The summed E-state index contributed by atoms with van der Waals surface area (Å²) in [6.45, 7) is 3.06. The van der Waals surface area contributed by atoms with Crippen molar-refractivity contribution < 1.29 is 0 Å². The average molecular weight is 361 g/mol. The fourth-order valence-electron chi connectivity index (χ4n) is 2.49. The quantitative estimate of drug-likeness (QED) is 0.695. The van der Waals surface area contributed by atoms with Gasteiger partial charge in [-0.05, 0) is 46.1 Å². The van der Waals surface area contributed by atoms with Crippen molar-refractivity contribution in [1.82, 2.24) is 10.3 Å². The van der Waals surface area contributed by atoms with E-state index in [1.807, 2.05) is 12.1 Å². The van der Waals surface area contributed by atoms with E-state index < -0.39 is 0 Å². The van der Waals surface area contributed by atoms with Gasteiger partial charge in [0.2, 0.25) is 0 Å². The minimum Gasteiger partial charge on any atom is -0.309 e. The highest BCUT2D eigenvalue weighted by Gasteiger charge is 2.17. The number of hydrogen-bond acceptors (Lipinski definition) is 3. The van der Waals surface area contributed by atoms with Crippen LogP contribution in [0.15, 0.2) is 52.3 Å². The van der Waals surface area contributed by atoms with E-state index in [-0.39, 0.29) is 6.04 Å². The van der Waals surface area contributed by atoms with Gasteiger partial charge >= 0.3 is 0 Å². The van der Waals surface area contributed by atoms with Crippen molar-refractivity contribution in [3.05, 3.63) is 62.9 Å². The lowest BCUT2D eigenvalue weighted by Gasteiger charge is -2.18. The Bertz CT molecular complexity index is 725. The van der Waals surface area contributed by atoms with Gasteiger partial charge in [0.05, 0.1) is 17.3 Å². The highest BCUT2D eigenvalue weighted by Crippen LogP contribution is 2.29. The summed E-state index contributed by atoms with van der Waals surface area (Å²) in [5, 5.41) is 6.85. The number of para-hydroxylation sites is 1. The molecule has 2 aromatic heterocycles. The number of thiophene rings is 1. The van der Waals surface area contributed by atoms with E-state index in [1.165, 1.54) is 10.3 Å². The summed E-state index contributed by atoms with van der Waals surface area (Å²) < 4.78 is 1.07. The molecule has 0 fully saturated rings. The zero-order valence-corrected chi connectivity index (χ0v) is 14.2. The molecule has 0 saturated carbocycles. The molecule has 3 aromatic rings. The Hall–Kier alpha value is -1.23.